The highest BCUT2D eigenvalue weighted by Gasteiger charge is 2.24. The molecular weight excluding hydrogens is 289 g/mol. The van der Waals surface area contributed by atoms with E-state index in [2.05, 4.69) is 25.8 Å². The number of nitrogens with zero attached hydrogens (tertiary/aromatic N) is 1. The minimum absolute atomic E-state index is 0.0632. The summed E-state index contributed by atoms with van der Waals surface area (Å²) < 4.78 is 13.3. The van der Waals surface area contributed by atoms with Crippen molar-refractivity contribution in [3.05, 3.63) is 51.7 Å². The van der Waals surface area contributed by atoms with Gasteiger partial charge in [-0.3, -0.25) is 4.79 Å². The van der Waals surface area contributed by atoms with E-state index in [9.17, 15) is 14.3 Å². The number of halogens is 1. The zero-order chi connectivity index (χ0) is 15.6. The first-order chi connectivity index (χ1) is 9.77. The maximum absolute atomic E-state index is 13.3. The largest absolute Gasteiger partial charge is 0.481 e. The highest BCUT2D eigenvalue weighted by atomic mass is 32.1. The molecule has 0 saturated carbocycles. The van der Waals surface area contributed by atoms with E-state index in [4.69, 9.17) is 0 Å². The van der Waals surface area contributed by atoms with E-state index >= 15 is 0 Å². The summed E-state index contributed by atoms with van der Waals surface area (Å²) in [4.78, 5) is 16.0. The van der Waals surface area contributed by atoms with E-state index in [-0.39, 0.29) is 11.8 Å². The molecule has 0 saturated heterocycles. The number of carbonyl (C=O) groups is 1. The average Bonchev–Trinajstić information content (AvgIpc) is 2.84. The van der Waals surface area contributed by atoms with Crippen LogP contribution in [0, 0.1) is 5.82 Å². The summed E-state index contributed by atoms with van der Waals surface area (Å²) >= 11 is 1.45. The normalized spacial score (nSPS) is 13.1. The van der Waals surface area contributed by atoms with E-state index < -0.39 is 17.7 Å². The van der Waals surface area contributed by atoms with Crippen LogP contribution in [-0.4, -0.2) is 16.1 Å². The highest BCUT2D eigenvalue weighted by molar-refractivity contribution is 7.09. The Morgan fingerprint density at radius 1 is 1.43 bits per heavy atom. The predicted octanol–water partition coefficient (Wildman–Crippen LogP) is 3.99. The molecule has 0 fully saturated rings. The van der Waals surface area contributed by atoms with Gasteiger partial charge in [-0.05, 0) is 17.7 Å². The van der Waals surface area contributed by atoms with Gasteiger partial charge in [0, 0.05) is 17.2 Å². The van der Waals surface area contributed by atoms with Crippen molar-refractivity contribution in [1.29, 1.82) is 0 Å². The maximum Gasteiger partial charge on any atom is 0.311 e. The summed E-state index contributed by atoms with van der Waals surface area (Å²) in [6, 6.07) is 5.75. The van der Waals surface area contributed by atoms with Crippen molar-refractivity contribution in [2.24, 2.45) is 0 Å². The lowest BCUT2D eigenvalue weighted by atomic mass is 9.93. The molecule has 112 valence electrons. The topological polar surface area (TPSA) is 50.2 Å². The third-order valence-electron chi connectivity index (χ3n) is 3.25. The van der Waals surface area contributed by atoms with Gasteiger partial charge >= 0.3 is 5.97 Å². The lowest BCUT2D eigenvalue weighted by Crippen LogP contribution is -2.15. The summed E-state index contributed by atoms with van der Waals surface area (Å²) in [6.45, 7) is 6.19. The third-order valence-corrected chi connectivity index (χ3v) is 4.12. The van der Waals surface area contributed by atoms with Crippen molar-refractivity contribution in [2.75, 3.05) is 0 Å². The fourth-order valence-electron chi connectivity index (χ4n) is 1.99. The predicted molar refractivity (Wildman–Crippen MR) is 81.3 cm³/mol. The molecule has 1 N–H and O–H groups in total. The Morgan fingerprint density at radius 3 is 2.67 bits per heavy atom. The van der Waals surface area contributed by atoms with Crippen LogP contribution < -0.4 is 0 Å². The molecule has 1 atom stereocenters. The van der Waals surface area contributed by atoms with Crippen LogP contribution in [0.15, 0.2) is 29.6 Å². The van der Waals surface area contributed by atoms with Crippen molar-refractivity contribution in [3.8, 4) is 0 Å². The maximum atomic E-state index is 13.3. The van der Waals surface area contributed by atoms with Crippen molar-refractivity contribution >= 4 is 17.3 Å². The fraction of sp³-hybridized carbons (Fsp3) is 0.375. The second-order valence-corrected chi connectivity index (χ2v) is 6.97. The molecule has 2 aromatic rings. The smallest absolute Gasteiger partial charge is 0.311 e. The van der Waals surface area contributed by atoms with Crippen molar-refractivity contribution < 1.29 is 14.3 Å². The van der Waals surface area contributed by atoms with Gasteiger partial charge in [-0.2, -0.15) is 0 Å². The van der Waals surface area contributed by atoms with E-state index in [1.165, 1.54) is 29.5 Å². The van der Waals surface area contributed by atoms with Crippen LogP contribution in [0.3, 0.4) is 0 Å². The van der Waals surface area contributed by atoms with E-state index in [0.29, 0.717) is 5.56 Å². The summed E-state index contributed by atoms with van der Waals surface area (Å²) in [5.74, 6) is -2.17. The minimum atomic E-state index is -0.965. The van der Waals surface area contributed by atoms with Gasteiger partial charge in [0.05, 0.1) is 16.6 Å². The molecule has 1 aromatic heterocycles. The van der Waals surface area contributed by atoms with Crippen molar-refractivity contribution in [3.63, 3.8) is 0 Å². The number of aromatic nitrogens is 1. The summed E-state index contributed by atoms with van der Waals surface area (Å²) in [7, 11) is 0. The Morgan fingerprint density at radius 2 is 2.14 bits per heavy atom. The first kappa shape index (κ1) is 15.6. The van der Waals surface area contributed by atoms with Gasteiger partial charge in [0.25, 0.3) is 0 Å². The van der Waals surface area contributed by atoms with Gasteiger partial charge in [-0.25, -0.2) is 9.37 Å². The van der Waals surface area contributed by atoms with Gasteiger partial charge in [0.1, 0.15) is 5.82 Å². The number of carboxylic acid groups (broad SMARTS) is 1. The molecule has 1 heterocycles. The molecule has 2 rings (SSSR count). The summed E-state index contributed by atoms with van der Waals surface area (Å²) in [5, 5.41) is 12.1. The Hall–Kier alpha value is -1.75. The van der Waals surface area contributed by atoms with Crippen molar-refractivity contribution in [2.45, 2.75) is 38.5 Å². The molecule has 21 heavy (non-hydrogen) atoms. The Bertz CT molecular complexity index is 646. The minimum Gasteiger partial charge on any atom is -0.481 e. The van der Waals surface area contributed by atoms with Crippen LogP contribution in [-0.2, 0) is 16.6 Å². The third kappa shape index (κ3) is 3.88. The molecular formula is C16H18FNO2S. The SMILES string of the molecule is CC(C)(C)c1csc(CC(C(=O)O)c2cccc(F)c2)n1. The van der Waals surface area contributed by atoms with Gasteiger partial charge < -0.3 is 5.11 Å². The lowest BCUT2D eigenvalue weighted by molar-refractivity contribution is -0.138. The van der Waals surface area contributed by atoms with Crippen LogP contribution in [0.25, 0.3) is 0 Å². The van der Waals surface area contributed by atoms with Crippen LogP contribution in [0.5, 0.6) is 0 Å². The zero-order valence-corrected chi connectivity index (χ0v) is 13.1. The molecule has 0 aliphatic carbocycles. The molecule has 0 amide bonds. The monoisotopic (exact) mass is 307 g/mol. The summed E-state index contributed by atoms with van der Waals surface area (Å²) in [5.41, 5.74) is 1.35. The molecule has 0 aliphatic heterocycles. The number of aliphatic carboxylic acids is 1. The van der Waals surface area contributed by atoms with Gasteiger partial charge in [-0.1, -0.05) is 32.9 Å². The Balaban J connectivity index is 2.25. The second kappa shape index (κ2) is 5.93. The number of benzene rings is 1. The van der Waals surface area contributed by atoms with Crippen molar-refractivity contribution in [1.82, 2.24) is 4.98 Å². The first-order valence-electron chi connectivity index (χ1n) is 6.70. The summed E-state index contributed by atoms with van der Waals surface area (Å²) in [6.07, 6.45) is 0.277. The van der Waals surface area contributed by atoms with Crippen LogP contribution in [0.2, 0.25) is 0 Å². The van der Waals surface area contributed by atoms with Crippen LogP contribution in [0.4, 0.5) is 4.39 Å². The molecule has 0 radical (unpaired) electrons. The Labute approximate surface area is 127 Å². The number of rotatable bonds is 4. The lowest BCUT2D eigenvalue weighted by Gasteiger charge is -2.14. The molecule has 0 aliphatic rings. The highest BCUT2D eigenvalue weighted by Crippen LogP contribution is 2.28. The number of thiazole rings is 1. The van der Waals surface area contributed by atoms with E-state index in [1.807, 2.05) is 5.38 Å². The van der Waals surface area contributed by atoms with Gasteiger partial charge in [-0.15, -0.1) is 11.3 Å². The van der Waals surface area contributed by atoms with E-state index in [1.54, 1.807) is 6.07 Å². The number of hydrogen-bond acceptors (Lipinski definition) is 3. The second-order valence-electron chi connectivity index (χ2n) is 6.03. The molecule has 0 spiro atoms. The number of carboxylic acids is 1. The average molecular weight is 307 g/mol. The molecule has 1 unspecified atom stereocenters. The number of hydrogen-bond donors (Lipinski definition) is 1. The molecule has 5 heteroatoms. The van der Waals surface area contributed by atoms with Crippen LogP contribution >= 0.6 is 11.3 Å². The quantitative estimate of drug-likeness (QED) is 0.929. The van der Waals surface area contributed by atoms with Gasteiger partial charge in [0.15, 0.2) is 0 Å². The van der Waals surface area contributed by atoms with E-state index in [0.717, 1.165) is 10.7 Å². The first-order valence-corrected chi connectivity index (χ1v) is 7.58. The molecule has 3 nitrogen and oxygen atoms in total. The Kier molecular flexibility index (Phi) is 4.42. The fourth-order valence-corrected chi connectivity index (χ4v) is 3.06. The van der Waals surface area contributed by atoms with Crippen LogP contribution in [0.1, 0.15) is 43.0 Å². The standard InChI is InChI=1S/C16H18FNO2S/c1-16(2,3)13-9-21-14(18-13)8-12(15(19)20)10-5-4-6-11(17)7-10/h4-7,9,12H,8H2,1-3H3,(H,19,20). The molecule has 1 aromatic carbocycles. The van der Waals surface area contributed by atoms with Gasteiger partial charge in [0.2, 0.25) is 0 Å². The molecule has 0 bridgehead atoms. The zero-order valence-electron chi connectivity index (χ0n) is 12.3.